The molecule has 0 aliphatic rings. The molecule has 0 radical (unpaired) electrons. The Bertz CT molecular complexity index is 603. The number of rotatable bonds is 3. The first-order valence-electron chi connectivity index (χ1n) is 6.11. The SMILES string of the molecule is Cc1cc(C(=O)N(C)c2ccccc2CN)n(C)n1. The molecule has 5 heteroatoms. The van der Waals surface area contributed by atoms with Crippen LogP contribution in [0.4, 0.5) is 5.69 Å². The molecule has 5 nitrogen and oxygen atoms in total. The highest BCUT2D eigenvalue weighted by Crippen LogP contribution is 2.20. The summed E-state index contributed by atoms with van der Waals surface area (Å²) in [5, 5.41) is 4.20. The Kier molecular flexibility index (Phi) is 3.66. The highest BCUT2D eigenvalue weighted by Gasteiger charge is 2.19. The van der Waals surface area contributed by atoms with Gasteiger partial charge in [-0.05, 0) is 24.6 Å². The molecule has 1 aromatic carbocycles. The maximum atomic E-state index is 12.5. The van der Waals surface area contributed by atoms with Crippen molar-refractivity contribution in [2.45, 2.75) is 13.5 Å². The minimum Gasteiger partial charge on any atom is -0.326 e. The summed E-state index contributed by atoms with van der Waals surface area (Å²) in [4.78, 5) is 14.1. The van der Waals surface area contributed by atoms with Crippen LogP contribution in [0.2, 0.25) is 0 Å². The molecule has 1 aromatic heterocycles. The molecule has 0 saturated heterocycles. The van der Waals surface area contributed by atoms with E-state index in [1.165, 1.54) is 0 Å². The van der Waals surface area contributed by atoms with Gasteiger partial charge in [-0.15, -0.1) is 0 Å². The maximum absolute atomic E-state index is 12.5. The highest BCUT2D eigenvalue weighted by atomic mass is 16.2. The summed E-state index contributed by atoms with van der Waals surface area (Å²) in [6, 6.07) is 9.41. The Hall–Kier alpha value is -2.14. The quantitative estimate of drug-likeness (QED) is 0.906. The molecule has 2 rings (SSSR count). The molecule has 19 heavy (non-hydrogen) atoms. The number of carbonyl (C=O) groups is 1. The van der Waals surface area contributed by atoms with Crippen molar-refractivity contribution in [1.82, 2.24) is 9.78 Å². The monoisotopic (exact) mass is 258 g/mol. The molecule has 0 saturated carbocycles. The van der Waals surface area contributed by atoms with E-state index in [9.17, 15) is 4.79 Å². The summed E-state index contributed by atoms with van der Waals surface area (Å²) in [7, 11) is 3.52. The van der Waals surface area contributed by atoms with E-state index in [2.05, 4.69) is 5.10 Å². The van der Waals surface area contributed by atoms with Gasteiger partial charge in [0.1, 0.15) is 5.69 Å². The van der Waals surface area contributed by atoms with Crippen molar-refractivity contribution in [2.24, 2.45) is 12.8 Å². The van der Waals surface area contributed by atoms with Gasteiger partial charge in [0, 0.05) is 26.3 Å². The first-order chi connectivity index (χ1) is 9.04. The average Bonchev–Trinajstić information content (AvgIpc) is 2.76. The summed E-state index contributed by atoms with van der Waals surface area (Å²) in [6.45, 7) is 2.27. The normalized spacial score (nSPS) is 10.5. The van der Waals surface area contributed by atoms with E-state index in [4.69, 9.17) is 5.73 Å². The van der Waals surface area contributed by atoms with Crippen LogP contribution in [0.25, 0.3) is 0 Å². The van der Waals surface area contributed by atoms with E-state index in [1.807, 2.05) is 31.2 Å². The summed E-state index contributed by atoms with van der Waals surface area (Å²) in [5.41, 5.74) is 8.86. The van der Waals surface area contributed by atoms with Gasteiger partial charge in [0.05, 0.1) is 5.69 Å². The van der Waals surface area contributed by atoms with Crippen LogP contribution in [-0.2, 0) is 13.6 Å². The van der Waals surface area contributed by atoms with Crippen LogP contribution in [0.1, 0.15) is 21.7 Å². The number of amides is 1. The number of anilines is 1. The van der Waals surface area contributed by atoms with Gasteiger partial charge >= 0.3 is 0 Å². The number of aryl methyl sites for hydroxylation is 2. The second kappa shape index (κ2) is 5.24. The van der Waals surface area contributed by atoms with Crippen LogP contribution in [0.3, 0.4) is 0 Å². The van der Waals surface area contributed by atoms with Crippen LogP contribution in [0.15, 0.2) is 30.3 Å². The van der Waals surface area contributed by atoms with Gasteiger partial charge < -0.3 is 10.6 Å². The lowest BCUT2D eigenvalue weighted by atomic mass is 10.1. The molecule has 1 amide bonds. The summed E-state index contributed by atoms with van der Waals surface area (Å²) in [6.07, 6.45) is 0. The Balaban J connectivity index is 2.36. The predicted molar refractivity (Wildman–Crippen MR) is 75.0 cm³/mol. The lowest BCUT2D eigenvalue weighted by Crippen LogP contribution is -2.29. The first kappa shape index (κ1) is 13.3. The Labute approximate surface area is 112 Å². The average molecular weight is 258 g/mol. The molecule has 0 bridgehead atoms. The van der Waals surface area contributed by atoms with Crippen molar-refractivity contribution in [3.8, 4) is 0 Å². The number of para-hydroxylation sites is 1. The van der Waals surface area contributed by atoms with Crippen LogP contribution < -0.4 is 10.6 Å². The van der Waals surface area contributed by atoms with Gasteiger partial charge in [-0.3, -0.25) is 9.48 Å². The molecule has 2 N–H and O–H groups in total. The number of aromatic nitrogens is 2. The number of carbonyl (C=O) groups excluding carboxylic acids is 1. The molecule has 0 unspecified atom stereocenters. The molecule has 1 heterocycles. The van der Waals surface area contributed by atoms with Crippen molar-refractivity contribution >= 4 is 11.6 Å². The fraction of sp³-hybridized carbons (Fsp3) is 0.286. The Morgan fingerprint density at radius 3 is 2.68 bits per heavy atom. The van der Waals surface area contributed by atoms with E-state index in [1.54, 1.807) is 29.7 Å². The summed E-state index contributed by atoms with van der Waals surface area (Å²) < 4.78 is 1.60. The van der Waals surface area contributed by atoms with Crippen molar-refractivity contribution in [3.05, 3.63) is 47.3 Å². The standard InChI is InChI=1S/C14H18N4O/c1-10-8-13(18(3)16-10)14(19)17(2)12-7-5-4-6-11(12)9-15/h4-8H,9,15H2,1-3H3. The van der Waals surface area contributed by atoms with Crippen LogP contribution >= 0.6 is 0 Å². The predicted octanol–water partition coefficient (Wildman–Crippen LogP) is 1.46. The molecule has 0 fully saturated rings. The second-order valence-electron chi connectivity index (χ2n) is 4.49. The number of hydrogen-bond acceptors (Lipinski definition) is 3. The fourth-order valence-corrected chi connectivity index (χ4v) is 2.10. The van der Waals surface area contributed by atoms with Crippen molar-refractivity contribution < 1.29 is 4.79 Å². The van der Waals surface area contributed by atoms with Gasteiger partial charge in [-0.2, -0.15) is 5.10 Å². The lowest BCUT2D eigenvalue weighted by Gasteiger charge is -2.20. The topological polar surface area (TPSA) is 64.2 Å². The van der Waals surface area contributed by atoms with E-state index in [0.29, 0.717) is 12.2 Å². The van der Waals surface area contributed by atoms with Crippen LogP contribution in [0, 0.1) is 6.92 Å². The van der Waals surface area contributed by atoms with Crippen molar-refractivity contribution in [2.75, 3.05) is 11.9 Å². The zero-order valence-corrected chi connectivity index (χ0v) is 11.4. The molecule has 0 aliphatic heterocycles. The molecule has 0 aliphatic carbocycles. The number of hydrogen-bond donors (Lipinski definition) is 1. The third-order valence-corrected chi connectivity index (χ3v) is 3.10. The van der Waals surface area contributed by atoms with Crippen LogP contribution in [0.5, 0.6) is 0 Å². The third-order valence-electron chi connectivity index (χ3n) is 3.10. The van der Waals surface area contributed by atoms with Gasteiger partial charge in [0.15, 0.2) is 0 Å². The van der Waals surface area contributed by atoms with E-state index in [0.717, 1.165) is 16.9 Å². The fourth-order valence-electron chi connectivity index (χ4n) is 2.10. The van der Waals surface area contributed by atoms with Gasteiger partial charge in [-0.25, -0.2) is 0 Å². The van der Waals surface area contributed by atoms with E-state index >= 15 is 0 Å². The minimum absolute atomic E-state index is 0.0935. The minimum atomic E-state index is -0.0935. The van der Waals surface area contributed by atoms with Gasteiger partial charge in [0.25, 0.3) is 5.91 Å². The Morgan fingerprint density at radius 1 is 1.42 bits per heavy atom. The third kappa shape index (κ3) is 2.51. The summed E-state index contributed by atoms with van der Waals surface area (Å²) in [5.74, 6) is -0.0935. The van der Waals surface area contributed by atoms with E-state index < -0.39 is 0 Å². The molecule has 2 aromatic rings. The highest BCUT2D eigenvalue weighted by molar-refractivity contribution is 6.05. The number of benzene rings is 1. The molecular formula is C14H18N4O. The second-order valence-corrected chi connectivity index (χ2v) is 4.49. The lowest BCUT2D eigenvalue weighted by molar-refractivity contribution is 0.0984. The number of nitrogens with zero attached hydrogens (tertiary/aromatic N) is 3. The molecular weight excluding hydrogens is 240 g/mol. The van der Waals surface area contributed by atoms with E-state index in [-0.39, 0.29) is 5.91 Å². The Morgan fingerprint density at radius 2 is 2.11 bits per heavy atom. The zero-order valence-electron chi connectivity index (χ0n) is 11.4. The zero-order chi connectivity index (χ0) is 14.0. The number of nitrogens with two attached hydrogens (primary N) is 1. The smallest absolute Gasteiger partial charge is 0.276 e. The van der Waals surface area contributed by atoms with Gasteiger partial charge in [-0.1, -0.05) is 18.2 Å². The first-order valence-corrected chi connectivity index (χ1v) is 6.11. The molecule has 0 atom stereocenters. The summed E-state index contributed by atoms with van der Waals surface area (Å²) >= 11 is 0. The van der Waals surface area contributed by atoms with Gasteiger partial charge in [0.2, 0.25) is 0 Å². The maximum Gasteiger partial charge on any atom is 0.276 e. The van der Waals surface area contributed by atoms with Crippen molar-refractivity contribution in [3.63, 3.8) is 0 Å². The van der Waals surface area contributed by atoms with Crippen molar-refractivity contribution in [1.29, 1.82) is 0 Å². The molecule has 100 valence electrons. The van der Waals surface area contributed by atoms with Crippen LogP contribution in [-0.4, -0.2) is 22.7 Å². The largest absolute Gasteiger partial charge is 0.326 e. The molecule has 0 spiro atoms.